The molecule has 2 aromatic rings. The highest BCUT2D eigenvalue weighted by atomic mass is 79.9. The van der Waals surface area contributed by atoms with Gasteiger partial charge in [0.2, 0.25) is 5.91 Å². The van der Waals surface area contributed by atoms with Crippen LogP contribution in [0.2, 0.25) is 0 Å². The monoisotopic (exact) mass is 462 g/mol. The number of hydrogen-bond acceptors (Lipinski definition) is 7. The van der Waals surface area contributed by atoms with E-state index in [1.165, 1.54) is 4.57 Å². The number of carbonyl (C=O) groups is 1. The van der Waals surface area contributed by atoms with E-state index in [4.69, 9.17) is 10.5 Å². The molecule has 2 fully saturated rings. The summed E-state index contributed by atoms with van der Waals surface area (Å²) in [6, 6.07) is 5.17. The highest BCUT2D eigenvalue weighted by molar-refractivity contribution is 9.10. The van der Waals surface area contributed by atoms with Gasteiger partial charge >= 0.3 is 0 Å². The van der Waals surface area contributed by atoms with Crippen molar-refractivity contribution in [1.82, 2.24) is 19.4 Å². The van der Waals surface area contributed by atoms with E-state index in [0.29, 0.717) is 35.7 Å². The largest absolute Gasteiger partial charge is 0.398 e. The van der Waals surface area contributed by atoms with Gasteiger partial charge in [-0.2, -0.15) is 0 Å². The van der Waals surface area contributed by atoms with Crippen molar-refractivity contribution >= 4 is 39.0 Å². The SMILES string of the molecule is CN1CCN(C2COC2)C(c2ccc(Nc3nc(Br)cn(C)c3=O)cc2N)C1=O. The fourth-order valence-corrected chi connectivity index (χ4v) is 4.15. The minimum absolute atomic E-state index is 0.0260. The first-order valence-corrected chi connectivity index (χ1v) is 10.1. The minimum atomic E-state index is -0.437. The molecule has 1 aromatic carbocycles. The van der Waals surface area contributed by atoms with Crippen LogP contribution in [0.1, 0.15) is 11.6 Å². The Kier molecular flexibility index (Phi) is 5.32. The Morgan fingerprint density at radius 3 is 2.66 bits per heavy atom. The zero-order valence-electron chi connectivity index (χ0n) is 16.3. The van der Waals surface area contributed by atoms with Crippen molar-refractivity contribution in [1.29, 1.82) is 0 Å². The zero-order valence-corrected chi connectivity index (χ0v) is 17.8. The molecular weight excluding hydrogens is 440 g/mol. The summed E-state index contributed by atoms with van der Waals surface area (Å²) in [4.78, 5) is 33.3. The van der Waals surface area contributed by atoms with Crippen LogP contribution >= 0.6 is 15.9 Å². The molecule has 0 spiro atoms. The van der Waals surface area contributed by atoms with Gasteiger partial charge in [0, 0.05) is 50.3 Å². The van der Waals surface area contributed by atoms with Crippen molar-refractivity contribution in [2.45, 2.75) is 12.1 Å². The number of rotatable bonds is 4. The number of aryl methyl sites for hydroxylation is 1. The summed E-state index contributed by atoms with van der Waals surface area (Å²) >= 11 is 3.29. The predicted octanol–water partition coefficient (Wildman–Crippen LogP) is 1.08. The molecule has 3 heterocycles. The number of nitrogen functional groups attached to an aromatic ring is 1. The van der Waals surface area contributed by atoms with Gasteiger partial charge in [-0.05, 0) is 28.1 Å². The van der Waals surface area contributed by atoms with Gasteiger partial charge in [-0.15, -0.1) is 0 Å². The van der Waals surface area contributed by atoms with Gasteiger partial charge in [0.05, 0.1) is 19.3 Å². The normalized spacial score (nSPS) is 20.6. The summed E-state index contributed by atoms with van der Waals surface area (Å²) in [7, 11) is 3.46. The Bertz CT molecular complexity index is 1010. The van der Waals surface area contributed by atoms with Crippen LogP contribution < -0.4 is 16.6 Å². The molecule has 1 unspecified atom stereocenters. The maximum atomic E-state index is 12.9. The molecule has 3 N–H and O–H groups in total. The number of carbonyl (C=O) groups excluding carboxylic acids is 1. The van der Waals surface area contributed by atoms with E-state index < -0.39 is 6.04 Å². The number of anilines is 3. The van der Waals surface area contributed by atoms with Gasteiger partial charge in [0.1, 0.15) is 10.6 Å². The van der Waals surface area contributed by atoms with Crippen molar-refractivity contribution in [2.75, 3.05) is 44.4 Å². The molecule has 29 heavy (non-hydrogen) atoms. The third-order valence-electron chi connectivity index (χ3n) is 5.41. The highest BCUT2D eigenvalue weighted by Gasteiger charge is 2.41. The molecule has 4 rings (SSSR count). The summed E-state index contributed by atoms with van der Waals surface area (Å²) in [6.07, 6.45) is 1.59. The quantitative estimate of drug-likeness (QED) is 0.654. The maximum Gasteiger partial charge on any atom is 0.293 e. The first kappa shape index (κ1) is 19.9. The number of likely N-dealkylation sites (N-methyl/N-ethyl adjacent to an activating group) is 1. The molecule has 9 nitrogen and oxygen atoms in total. The van der Waals surface area contributed by atoms with E-state index in [1.807, 2.05) is 19.2 Å². The van der Waals surface area contributed by atoms with Gasteiger partial charge in [-0.1, -0.05) is 6.07 Å². The van der Waals surface area contributed by atoms with E-state index in [1.54, 1.807) is 24.2 Å². The van der Waals surface area contributed by atoms with Crippen molar-refractivity contribution in [3.63, 3.8) is 0 Å². The fourth-order valence-electron chi connectivity index (χ4n) is 3.66. The molecule has 2 aliphatic rings. The molecule has 1 atom stereocenters. The Morgan fingerprint density at radius 2 is 2.00 bits per heavy atom. The van der Waals surface area contributed by atoms with E-state index >= 15 is 0 Å². The number of benzene rings is 1. The molecule has 2 saturated heterocycles. The second-order valence-corrected chi connectivity index (χ2v) is 8.20. The number of piperazine rings is 1. The topological polar surface area (TPSA) is 106 Å². The van der Waals surface area contributed by atoms with Crippen LogP contribution in [-0.2, 0) is 16.6 Å². The van der Waals surface area contributed by atoms with E-state index in [9.17, 15) is 9.59 Å². The van der Waals surface area contributed by atoms with Crippen molar-refractivity contribution in [2.24, 2.45) is 7.05 Å². The minimum Gasteiger partial charge on any atom is -0.398 e. The van der Waals surface area contributed by atoms with Crippen molar-refractivity contribution in [3.8, 4) is 0 Å². The Balaban J connectivity index is 1.64. The average molecular weight is 463 g/mol. The van der Waals surface area contributed by atoms with Crippen LogP contribution in [0, 0.1) is 0 Å². The Morgan fingerprint density at radius 1 is 1.24 bits per heavy atom. The molecule has 1 amide bonds. The molecule has 0 saturated carbocycles. The first-order valence-electron chi connectivity index (χ1n) is 9.33. The molecule has 0 bridgehead atoms. The molecule has 0 radical (unpaired) electrons. The van der Waals surface area contributed by atoms with Crippen LogP contribution in [0.3, 0.4) is 0 Å². The van der Waals surface area contributed by atoms with E-state index in [2.05, 4.69) is 31.1 Å². The lowest BCUT2D eigenvalue weighted by Gasteiger charge is -2.46. The number of hydrogen-bond donors (Lipinski definition) is 2. The second kappa shape index (κ2) is 7.77. The number of nitrogens with zero attached hydrogens (tertiary/aromatic N) is 4. The number of ether oxygens (including phenoxy) is 1. The van der Waals surface area contributed by atoms with Gasteiger partial charge in [-0.3, -0.25) is 14.5 Å². The Hall–Kier alpha value is -2.43. The third kappa shape index (κ3) is 3.75. The maximum absolute atomic E-state index is 12.9. The smallest absolute Gasteiger partial charge is 0.293 e. The summed E-state index contributed by atoms with van der Waals surface area (Å²) in [6.45, 7) is 2.72. The molecule has 10 heteroatoms. The standard InChI is InChI=1S/C19H23BrN6O3/c1-24-5-6-26(12-9-29-10-12)16(18(24)27)13-4-3-11(7-14(13)21)22-17-19(28)25(2)8-15(20)23-17/h3-4,7-8,12,16H,5-6,9-10,21H2,1-2H3,(H,22,23). The predicted molar refractivity (Wildman–Crippen MR) is 113 cm³/mol. The first-order chi connectivity index (χ1) is 13.8. The lowest BCUT2D eigenvalue weighted by Crippen LogP contribution is -2.59. The van der Waals surface area contributed by atoms with Crippen molar-refractivity contribution in [3.05, 3.63) is 44.9 Å². The lowest BCUT2D eigenvalue weighted by atomic mass is 9.97. The molecule has 1 aromatic heterocycles. The number of aromatic nitrogens is 2. The van der Waals surface area contributed by atoms with Gasteiger partial charge in [0.25, 0.3) is 5.56 Å². The number of amides is 1. The van der Waals surface area contributed by atoms with E-state index in [0.717, 1.165) is 12.1 Å². The molecule has 2 aliphatic heterocycles. The summed E-state index contributed by atoms with van der Waals surface area (Å²) in [5.41, 5.74) is 7.97. The van der Waals surface area contributed by atoms with Crippen molar-refractivity contribution < 1.29 is 9.53 Å². The lowest BCUT2D eigenvalue weighted by molar-refractivity contribution is -0.151. The molecule has 0 aliphatic carbocycles. The summed E-state index contributed by atoms with van der Waals surface area (Å²) < 4.78 is 7.31. The Labute approximate surface area is 176 Å². The summed E-state index contributed by atoms with van der Waals surface area (Å²) in [5.74, 6) is 0.217. The number of halogens is 1. The van der Waals surface area contributed by atoms with Crippen LogP contribution in [0.25, 0.3) is 0 Å². The second-order valence-electron chi connectivity index (χ2n) is 7.39. The average Bonchev–Trinajstić information content (AvgIpc) is 2.62. The highest BCUT2D eigenvalue weighted by Crippen LogP contribution is 2.34. The fraction of sp³-hybridized carbons (Fsp3) is 0.421. The molecular formula is C19H23BrN6O3. The van der Waals surface area contributed by atoms with Crippen LogP contribution in [0.4, 0.5) is 17.2 Å². The number of nitrogens with one attached hydrogen (secondary N) is 1. The number of nitrogens with two attached hydrogens (primary N) is 1. The van der Waals surface area contributed by atoms with E-state index in [-0.39, 0.29) is 23.3 Å². The third-order valence-corrected chi connectivity index (χ3v) is 5.79. The van der Waals surface area contributed by atoms with Gasteiger partial charge in [0.15, 0.2) is 5.82 Å². The van der Waals surface area contributed by atoms with Crippen LogP contribution in [-0.4, -0.2) is 64.7 Å². The van der Waals surface area contributed by atoms with Crippen LogP contribution in [0.5, 0.6) is 0 Å². The zero-order chi connectivity index (χ0) is 20.7. The molecule has 154 valence electrons. The van der Waals surface area contributed by atoms with Gasteiger partial charge in [-0.25, -0.2) is 4.98 Å². The summed E-state index contributed by atoms with van der Waals surface area (Å²) in [5, 5.41) is 3.02. The van der Waals surface area contributed by atoms with Crippen LogP contribution in [0.15, 0.2) is 33.8 Å². The van der Waals surface area contributed by atoms with Gasteiger partial charge < -0.3 is 25.3 Å².